The molecule has 4 aliphatic heterocycles. The van der Waals surface area contributed by atoms with E-state index in [-0.39, 0.29) is 41.4 Å². The standard InChI is InChI=1S/C17H25N5O4S/c1-19-17(24)21-7-10(3-6-15(21)18-19)16(23)22-13-4-5-14(22)12-9-20(8-11(12)13)27(2,25)26/h10-14H,3-9H2,1-2H3/t10?,11-,12+,13-,14+. The summed E-state index contributed by atoms with van der Waals surface area (Å²) in [6, 6.07) is 0.289. The van der Waals surface area contributed by atoms with E-state index in [0.29, 0.717) is 26.1 Å². The Morgan fingerprint density at radius 1 is 1.07 bits per heavy atom. The van der Waals surface area contributed by atoms with Crippen molar-refractivity contribution in [3.05, 3.63) is 16.3 Å². The second kappa shape index (κ2) is 5.66. The Labute approximate surface area is 158 Å². The van der Waals surface area contributed by atoms with Crippen LogP contribution in [-0.4, -0.2) is 69.3 Å². The van der Waals surface area contributed by atoms with Gasteiger partial charge in [-0.2, -0.15) is 5.10 Å². The lowest BCUT2D eigenvalue weighted by Crippen LogP contribution is -2.46. The van der Waals surface area contributed by atoms with Gasteiger partial charge in [-0.25, -0.2) is 22.2 Å². The largest absolute Gasteiger partial charge is 0.345 e. The van der Waals surface area contributed by atoms with Crippen LogP contribution in [0.2, 0.25) is 0 Å². The Balaban J connectivity index is 1.36. The molecule has 1 amide bonds. The Hall–Kier alpha value is -1.68. The molecule has 27 heavy (non-hydrogen) atoms. The molecule has 1 unspecified atom stereocenters. The molecule has 3 saturated heterocycles. The van der Waals surface area contributed by atoms with Crippen LogP contribution >= 0.6 is 0 Å². The second-order valence-corrected chi connectivity index (χ2v) is 10.5. The number of hydrogen-bond donors (Lipinski definition) is 0. The number of fused-ring (bicyclic) bond motifs is 6. The minimum absolute atomic E-state index is 0.143. The number of nitrogens with zero attached hydrogens (tertiary/aromatic N) is 5. The van der Waals surface area contributed by atoms with E-state index in [4.69, 9.17) is 0 Å². The minimum Gasteiger partial charge on any atom is -0.336 e. The van der Waals surface area contributed by atoms with Crippen molar-refractivity contribution in [1.82, 2.24) is 23.6 Å². The molecule has 5 rings (SSSR count). The highest BCUT2D eigenvalue weighted by Gasteiger charge is 2.59. The third-order valence-electron chi connectivity index (χ3n) is 7.12. The van der Waals surface area contributed by atoms with Crippen LogP contribution in [0.25, 0.3) is 0 Å². The maximum Gasteiger partial charge on any atom is 0.345 e. The molecule has 2 bridgehead atoms. The Morgan fingerprint density at radius 2 is 1.70 bits per heavy atom. The average molecular weight is 395 g/mol. The molecule has 9 nitrogen and oxygen atoms in total. The SMILES string of the molecule is Cn1nc2n(c1=O)CC(C(=O)N1[C@@H]3CC[C@H]1[C@H]1CN(S(C)(=O)=O)C[C@H]13)CC2. The molecule has 148 valence electrons. The van der Waals surface area contributed by atoms with Gasteiger partial charge in [-0.1, -0.05) is 0 Å². The maximum atomic E-state index is 13.4. The summed E-state index contributed by atoms with van der Waals surface area (Å²) in [5.41, 5.74) is -0.160. The summed E-state index contributed by atoms with van der Waals surface area (Å²) in [6.45, 7) is 1.47. The molecular formula is C17H25N5O4S. The van der Waals surface area contributed by atoms with Gasteiger partial charge in [-0.05, 0) is 31.1 Å². The van der Waals surface area contributed by atoms with Crippen LogP contribution in [-0.2, 0) is 34.8 Å². The summed E-state index contributed by atoms with van der Waals surface area (Å²) in [5.74, 6) is 1.22. The molecule has 1 aromatic heterocycles. The zero-order chi connectivity index (χ0) is 19.1. The van der Waals surface area contributed by atoms with E-state index in [0.717, 1.165) is 25.1 Å². The summed E-state index contributed by atoms with van der Waals surface area (Å²) >= 11 is 0. The molecule has 0 N–H and O–H groups in total. The molecule has 4 aliphatic rings. The first-order chi connectivity index (χ1) is 12.8. The van der Waals surface area contributed by atoms with Gasteiger partial charge in [-0.15, -0.1) is 0 Å². The summed E-state index contributed by atoms with van der Waals surface area (Å²) < 4.78 is 28.4. The molecule has 5 atom stereocenters. The van der Waals surface area contributed by atoms with E-state index < -0.39 is 10.0 Å². The van der Waals surface area contributed by atoms with Crippen molar-refractivity contribution >= 4 is 15.9 Å². The Morgan fingerprint density at radius 3 is 2.30 bits per heavy atom. The van der Waals surface area contributed by atoms with Crippen molar-refractivity contribution in [3.63, 3.8) is 0 Å². The summed E-state index contributed by atoms with van der Waals surface area (Å²) in [5, 5.41) is 4.24. The molecule has 0 radical (unpaired) electrons. The van der Waals surface area contributed by atoms with Crippen molar-refractivity contribution in [2.24, 2.45) is 24.8 Å². The molecule has 1 aromatic rings. The Kier molecular flexibility index (Phi) is 3.65. The first-order valence-corrected chi connectivity index (χ1v) is 11.5. The van der Waals surface area contributed by atoms with E-state index in [1.165, 1.54) is 10.9 Å². The number of rotatable bonds is 2. The number of aryl methyl sites for hydroxylation is 2. The molecule has 0 saturated carbocycles. The van der Waals surface area contributed by atoms with Gasteiger partial charge in [0.1, 0.15) is 5.82 Å². The van der Waals surface area contributed by atoms with Crippen molar-refractivity contribution in [2.75, 3.05) is 19.3 Å². The third-order valence-corrected chi connectivity index (χ3v) is 8.35. The van der Waals surface area contributed by atoms with Crippen LogP contribution in [0.5, 0.6) is 0 Å². The van der Waals surface area contributed by atoms with Gasteiger partial charge >= 0.3 is 5.69 Å². The second-order valence-electron chi connectivity index (χ2n) is 8.53. The number of sulfonamides is 1. The van der Waals surface area contributed by atoms with Gasteiger partial charge in [0.05, 0.1) is 12.2 Å². The van der Waals surface area contributed by atoms with Gasteiger partial charge in [0, 0.05) is 45.2 Å². The monoisotopic (exact) mass is 395 g/mol. The average Bonchev–Trinajstić information content (AvgIpc) is 3.34. The van der Waals surface area contributed by atoms with E-state index in [1.807, 2.05) is 0 Å². The zero-order valence-electron chi connectivity index (χ0n) is 15.6. The highest BCUT2D eigenvalue weighted by molar-refractivity contribution is 7.88. The smallest absolute Gasteiger partial charge is 0.336 e. The lowest BCUT2D eigenvalue weighted by molar-refractivity contribution is -0.138. The predicted octanol–water partition coefficient (Wildman–Crippen LogP) is -0.975. The van der Waals surface area contributed by atoms with Gasteiger partial charge < -0.3 is 4.90 Å². The van der Waals surface area contributed by atoms with E-state index in [2.05, 4.69) is 10.00 Å². The van der Waals surface area contributed by atoms with Crippen molar-refractivity contribution in [2.45, 2.75) is 44.3 Å². The number of amides is 1. The fraction of sp³-hybridized carbons (Fsp3) is 0.824. The lowest BCUT2D eigenvalue weighted by Gasteiger charge is -2.31. The number of aromatic nitrogens is 3. The highest BCUT2D eigenvalue weighted by Crippen LogP contribution is 2.50. The normalized spacial score (nSPS) is 35.5. The highest BCUT2D eigenvalue weighted by atomic mass is 32.2. The lowest BCUT2D eigenvalue weighted by atomic mass is 9.82. The summed E-state index contributed by atoms with van der Waals surface area (Å²) in [7, 11) is -1.54. The fourth-order valence-corrected chi connectivity index (χ4v) is 6.77. The van der Waals surface area contributed by atoms with Gasteiger partial charge in [0.15, 0.2) is 0 Å². The molecule has 0 aromatic carbocycles. The quantitative estimate of drug-likeness (QED) is 0.642. The maximum absolute atomic E-state index is 13.4. The van der Waals surface area contributed by atoms with Crippen LogP contribution < -0.4 is 5.69 Å². The van der Waals surface area contributed by atoms with Crippen molar-refractivity contribution < 1.29 is 13.2 Å². The van der Waals surface area contributed by atoms with Crippen LogP contribution in [0, 0.1) is 17.8 Å². The third kappa shape index (κ3) is 2.45. The van der Waals surface area contributed by atoms with Crippen LogP contribution in [0.1, 0.15) is 25.1 Å². The molecular weight excluding hydrogens is 370 g/mol. The number of carbonyl (C=O) groups is 1. The van der Waals surface area contributed by atoms with Gasteiger partial charge in [-0.3, -0.25) is 9.36 Å². The molecule has 5 heterocycles. The number of hydrogen-bond acceptors (Lipinski definition) is 5. The molecule has 3 fully saturated rings. The first-order valence-electron chi connectivity index (χ1n) is 9.65. The topological polar surface area (TPSA) is 97.5 Å². The van der Waals surface area contributed by atoms with Crippen LogP contribution in [0.3, 0.4) is 0 Å². The molecule has 10 heteroatoms. The minimum atomic E-state index is -3.18. The van der Waals surface area contributed by atoms with E-state index in [1.54, 1.807) is 15.9 Å². The van der Waals surface area contributed by atoms with Crippen LogP contribution in [0.15, 0.2) is 4.79 Å². The van der Waals surface area contributed by atoms with Crippen molar-refractivity contribution in [1.29, 1.82) is 0 Å². The van der Waals surface area contributed by atoms with Crippen LogP contribution in [0.4, 0.5) is 0 Å². The van der Waals surface area contributed by atoms with Gasteiger partial charge in [0.2, 0.25) is 15.9 Å². The Bertz CT molecular complexity index is 946. The fourth-order valence-electron chi connectivity index (χ4n) is 5.88. The van der Waals surface area contributed by atoms with Gasteiger partial charge in [0.25, 0.3) is 0 Å². The van der Waals surface area contributed by atoms with E-state index >= 15 is 0 Å². The van der Waals surface area contributed by atoms with Crippen molar-refractivity contribution in [3.8, 4) is 0 Å². The predicted molar refractivity (Wildman–Crippen MR) is 96.3 cm³/mol. The molecule has 0 spiro atoms. The molecule has 0 aliphatic carbocycles. The summed E-state index contributed by atoms with van der Waals surface area (Å²) in [6.07, 6.45) is 4.55. The first kappa shape index (κ1) is 17.4. The number of carbonyl (C=O) groups excluding carboxylic acids is 1. The van der Waals surface area contributed by atoms with E-state index in [9.17, 15) is 18.0 Å². The zero-order valence-corrected chi connectivity index (χ0v) is 16.4. The summed E-state index contributed by atoms with van der Waals surface area (Å²) in [4.78, 5) is 27.6.